The van der Waals surface area contributed by atoms with Gasteiger partial charge in [-0.3, -0.25) is 0 Å². The Bertz CT molecular complexity index is 567. The summed E-state index contributed by atoms with van der Waals surface area (Å²) in [4.78, 5) is 15.2. The van der Waals surface area contributed by atoms with Gasteiger partial charge in [-0.05, 0) is 13.0 Å². The quantitative estimate of drug-likeness (QED) is 0.918. The zero-order valence-corrected chi connectivity index (χ0v) is 10.5. The molecule has 0 saturated carbocycles. The lowest BCUT2D eigenvalue weighted by atomic mass is 10.2. The number of aromatic nitrogens is 3. The van der Waals surface area contributed by atoms with Crippen molar-refractivity contribution in [2.75, 3.05) is 7.05 Å². The van der Waals surface area contributed by atoms with Crippen LogP contribution in [-0.2, 0) is 4.74 Å². The second-order valence-corrected chi connectivity index (χ2v) is 3.85. The summed E-state index contributed by atoms with van der Waals surface area (Å²) in [6, 6.07) is 3.42. The third kappa shape index (κ3) is 3.06. The first-order valence-electron chi connectivity index (χ1n) is 5.65. The summed E-state index contributed by atoms with van der Waals surface area (Å²) in [6.45, 7) is 1.74. The number of halogens is 1. The number of hydrogen-bond acceptors (Lipinski definition) is 4. The molecule has 2 aromatic heterocycles. The molecule has 7 heteroatoms. The highest BCUT2D eigenvalue weighted by Gasteiger charge is 2.11. The Labute approximate surface area is 109 Å². The summed E-state index contributed by atoms with van der Waals surface area (Å²) in [6.07, 6.45) is 2.96. The Morgan fingerprint density at radius 3 is 2.79 bits per heavy atom. The minimum Gasteiger partial charge on any atom is -0.442 e. The molecule has 0 unspecified atom stereocenters. The molecule has 0 spiro atoms. The van der Waals surface area contributed by atoms with Gasteiger partial charge in [0.05, 0.1) is 12.4 Å². The average molecular weight is 264 g/mol. The van der Waals surface area contributed by atoms with Crippen LogP contribution in [0.1, 0.15) is 18.6 Å². The van der Waals surface area contributed by atoms with Crippen LogP contribution in [0.3, 0.4) is 0 Å². The van der Waals surface area contributed by atoms with Crippen LogP contribution in [0.15, 0.2) is 30.7 Å². The van der Waals surface area contributed by atoms with Crippen LogP contribution in [0.25, 0.3) is 5.82 Å². The van der Waals surface area contributed by atoms with Crippen LogP contribution in [-0.4, -0.2) is 27.9 Å². The Morgan fingerprint density at radius 2 is 2.26 bits per heavy atom. The van der Waals surface area contributed by atoms with E-state index in [9.17, 15) is 9.18 Å². The van der Waals surface area contributed by atoms with E-state index >= 15 is 0 Å². The van der Waals surface area contributed by atoms with E-state index in [1.807, 2.05) is 0 Å². The first-order valence-corrected chi connectivity index (χ1v) is 5.65. The van der Waals surface area contributed by atoms with Gasteiger partial charge in [-0.15, -0.1) is 0 Å². The van der Waals surface area contributed by atoms with E-state index in [0.717, 1.165) is 11.8 Å². The minimum absolute atomic E-state index is 0.421. The summed E-state index contributed by atoms with van der Waals surface area (Å²) in [7, 11) is 1.49. The van der Waals surface area contributed by atoms with Crippen molar-refractivity contribution in [1.29, 1.82) is 0 Å². The number of carbonyl (C=O) groups excluding carboxylic acids is 1. The van der Waals surface area contributed by atoms with Crippen molar-refractivity contribution in [2.45, 2.75) is 13.0 Å². The molecular weight excluding hydrogens is 251 g/mol. The zero-order chi connectivity index (χ0) is 13.8. The topological polar surface area (TPSA) is 69.0 Å². The number of ether oxygens (including phenoxy) is 1. The monoisotopic (exact) mass is 264 g/mol. The molecule has 1 atom stereocenters. The molecule has 19 heavy (non-hydrogen) atoms. The van der Waals surface area contributed by atoms with Crippen LogP contribution in [0, 0.1) is 5.82 Å². The molecule has 2 heterocycles. The van der Waals surface area contributed by atoms with Gasteiger partial charge in [-0.2, -0.15) is 5.10 Å². The third-order valence-corrected chi connectivity index (χ3v) is 2.51. The Balaban J connectivity index is 2.12. The molecule has 2 aromatic rings. The molecule has 0 fully saturated rings. The lowest BCUT2D eigenvalue weighted by Crippen LogP contribution is -2.20. The highest BCUT2D eigenvalue weighted by Crippen LogP contribution is 2.16. The van der Waals surface area contributed by atoms with Gasteiger partial charge in [0.15, 0.2) is 11.6 Å². The molecule has 0 aromatic carbocycles. The summed E-state index contributed by atoms with van der Waals surface area (Å²) in [5.74, 6) is 0.0574. The van der Waals surface area contributed by atoms with Crippen LogP contribution in [0.5, 0.6) is 0 Å². The van der Waals surface area contributed by atoms with Crippen LogP contribution >= 0.6 is 0 Å². The maximum absolute atomic E-state index is 12.8. The number of nitrogens with one attached hydrogen (secondary N) is 1. The molecule has 100 valence electrons. The summed E-state index contributed by atoms with van der Waals surface area (Å²) < 4.78 is 19.2. The van der Waals surface area contributed by atoms with Gasteiger partial charge in [0.2, 0.25) is 0 Å². The van der Waals surface area contributed by atoms with Crippen molar-refractivity contribution >= 4 is 6.09 Å². The normalized spacial score (nSPS) is 11.9. The molecule has 2 rings (SSSR count). The standard InChI is InChI=1S/C12H13FN4O2/c1-8(19-12(18)14-2)9-3-4-11(15-5-9)17-7-10(13)6-16-17/h3-8H,1-2H3,(H,14,18)/t8-/m0/s1. The highest BCUT2D eigenvalue weighted by atomic mass is 19.1. The second kappa shape index (κ2) is 5.47. The number of hydrogen-bond donors (Lipinski definition) is 1. The van der Waals surface area contributed by atoms with Gasteiger partial charge < -0.3 is 10.1 Å². The van der Waals surface area contributed by atoms with E-state index in [-0.39, 0.29) is 0 Å². The predicted octanol–water partition coefficient (Wildman–Crippen LogP) is 1.82. The highest BCUT2D eigenvalue weighted by molar-refractivity contribution is 5.67. The molecule has 0 bridgehead atoms. The first kappa shape index (κ1) is 13.0. The molecule has 1 N–H and O–H groups in total. The first-order chi connectivity index (χ1) is 9.10. The lowest BCUT2D eigenvalue weighted by molar-refractivity contribution is 0.109. The van der Waals surface area contributed by atoms with Crippen LogP contribution in [0.2, 0.25) is 0 Å². The van der Waals surface area contributed by atoms with Crippen molar-refractivity contribution in [3.63, 3.8) is 0 Å². The Kier molecular flexibility index (Phi) is 3.74. The third-order valence-electron chi connectivity index (χ3n) is 2.51. The van der Waals surface area contributed by atoms with Crippen molar-refractivity contribution in [3.8, 4) is 5.82 Å². The Morgan fingerprint density at radius 1 is 1.47 bits per heavy atom. The Hall–Kier alpha value is -2.44. The predicted molar refractivity (Wildman–Crippen MR) is 65.3 cm³/mol. The molecular formula is C12H13FN4O2. The van der Waals surface area contributed by atoms with Crippen molar-refractivity contribution in [3.05, 3.63) is 42.1 Å². The van der Waals surface area contributed by atoms with Crippen molar-refractivity contribution in [2.24, 2.45) is 0 Å². The van der Waals surface area contributed by atoms with E-state index in [4.69, 9.17) is 4.74 Å². The molecule has 0 saturated heterocycles. The number of rotatable bonds is 3. The van der Waals surface area contributed by atoms with E-state index in [1.54, 1.807) is 25.3 Å². The van der Waals surface area contributed by atoms with E-state index in [2.05, 4.69) is 15.4 Å². The van der Waals surface area contributed by atoms with Crippen molar-refractivity contribution < 1.29 is 13.9 Å². The lowest BCUT2D eigenvalue weighted by Gasteiger charge is -2.13. The summed E-state index contributed by atoms with van der Waals surface area (Å²) in [5, 5.41) is 6.17. The smallest absolute Gasteiger partial charge is 0.407 e. The molecule has 1 amide bonds. The SMILES string of the molecule is CNC(=O)O[C@@H](C)c1ccc(-n2cc(F)cn2)nc1. The molecule has 6 nitrogen and oxygen atoms in total. The van der Waals surface area contributed by atoms with Gasteiger partial charge in [-0.25, -0.2) is 18.9 Å². The van der Waals surface area contributed by atoms with Gasteiger partial charge >= 0.3 is 6.09 Å². The van der Waals surface area contributed by atoms with Gasteiger partial charge in [0.25, 0.3) is 0 Å². The van der Waals surface area contributed by atoms with Crippen molar-refractivity contribution in [1.82, 2.24) is 20.1 Å². The molecule has 0 radical (unpaired) electrons. The fourth-order valence-electron chi connectivity index (χ4n) is 1.49. The summed E-state index contributed by atoms with van der Waals surface area (Å²) in [5.41, 5.74) is 0.736. The van der Waals surface area contributed by atoms with E-state index in [0.29, 0.717) is 5.82 Å². The zero-order valence-electron chi connectivity index (χ0n) is 10.5. The fraction of sp³-hybridized carbons (Fsp3) is 0.250. The van der Waals surface area contributed by atoms with Crippen LogP contribution < -0.4 is 5.32 Å². The van der Waals surface area contributed by atoms with Crippen LogP contribution in [0.4, 0.5) is 9.18 Å². The van der Waals surface area contributed by atoms with E-state index < -0.39 is 18.0 Å². The summed E-state index contributed by atoms with van der Waals surface area (Å²) >= 11 is 0. The second-order valence-electron chi connectivity index (χ2n) is 3.85. The van der Waals surface area contributed by atoms with E-state index in [1.165, 1.54) is 17.9 Å². The van der Waals surface area contributed by atoms with Gasteiger partial charge in [0, 0.05) is 18.8 Å². The molecule has 0 aliphatic rings. The maximum Gasteiger partial charge on any atom is 0.407 e. The molecule has 0 aliphatic heterocycles. The number of alkyl carbamates (subject to hydrolysis) is 1. The largest absolute Gasteiger partial charge is 0.442 e. The number of amides is 1. The number of carbonyl (C=O) groups is 1. The minimum atomic E-state index is -0.509. The fourth-order valence-corrected chi connectivity index (χ4v) is 1.49. The van der Waals surface area contributed by atoms with Gasteiger partial charge in [-0.1, -0.05) is 6.07 Å². The number of nitrogens with zero attached hydrogens (tertiary/aromatic N) is 3. The molecule has 0 aliphatic carbocycles. The average Bonchev–Trinajstić information content (AvgIpc) is 2.85. The number of pyridine rings is 1. The van der Waals surface area contributed by atoms with Gasteiger partial charge in [0.1, 0.15) is 6.10 Å². The maximum atomic E-state index is 12.8.